The standard InChI is InChI=1S/C17H15Cl2N3O3/c1-10-2-4-11(5-3-10)22-17(25)16(24)20-9-15(23)21-12-6-7-13(18)14(19)8-12/h2-8H,9H2,1H3,(H,20,24)(H,21,23)(H,22,25). The molecule has 0 aliphatic rings. The smallest absolute Gasteiger partial charge is 0.313 e. The van der Waals surface area contributed by atoms with Crippen LogP contribution in [0.2, 0.25) is 10.0 Å². The van der Waals surface area contributed by atoms with E-state index in [1.54, 1.807) is 30.3 Å². The first-order valence-corrected chi connectivity index (χ1v) is 8.01. The van der Waals surface area contributed by atoms with Gasteiger partial charge in [0.1, 0.15) is 0 Å². The fourth-order valence-electron chi connectivity index (χ4n) is 1.84. The maximum absolute atomic E-state index is 11.8. The molecule has 0 aliphatic heterocycles. The molecule has 25 heavy (non-hydrogen) atoms. The third kappa shape index (κ3) is 5.77. The maximum Gasteiger partial charge on any atom is 0.313 e. The van der Waals surface area contributed by atoms with Crippen molar-refractivity contribution in [1.82, 2.24) is 5.32 Å². The molecular formula is C17H15Cl2N3O3. The van der Waals surface area contributed by atoms with Crippen LogP contribution in [0.5, 0.6) is 0 Å². The van der Waals surface area contributed by atoms with Gasteiger partial charge in [0.25, 0.3) is 0 Å². The fraction of sp³-hybridized carbons (Fsp3) is 0.118. The van der Waals surface area contributed by atoms with Crippen LogP contribution in [0.3, 0.4) is 0 Å². The second-order valence-electron chi connectivity index (χ2n) is 5.18. The van der Waals surface area contributed by atoms with E-state index in [0.29, 0.717) is 21.4 Å². The number of anilines is 2. The lowest BCUT2D eigenvalue weighted by molar-refractivity contribution is -0.136. The van der Waals surface area contributed by atoms with Crippen LogP contribution in [-0.4, -0.2) is 24.3 Å². The van der Waals surface area contributed by atoms with E-state index >= 15 is 0 Å². The van der Waals surface area contributed by atoms with Gasteiger partial charge in [-0.3, -0.25) is 14.4 Å². The highest BCUT2D eigenvalue weighted by molar-refractivity contribution is 6.42. The summed E-state index contributed by atoms with van der Waals surface area (Å²) in [5.74, 6) is -2.27. The van der Waals surface area contributed by atoms with Gasteiger partial charge in [0.2, 0.25) is 5.91 Å². The summed E-state index contributed by atoms with van der Waals surface area (Å²) in [6.45, 7) is 1.55. The molecule has 0 radical (unpaired) electrons. The average molecular weight is 380 g/mol. The summed E-state index contributed by atoms with van der Waals surface area (Å²) in [6, 6.07) is 11.5. The Morgan fingerprint density at radius 2 is 1.48 bits per heavy atom. The second-order valence-corrected chi connectivity index (χ2v) is 5.99. The van der Waals surface area contributed by atoms with Crippen molar-refractivity contribution in [3.63, 3.8) is 0 Å². The van der Waals surface area contributed by atoms with Crippen molar-refractivity contribution in [2.24, 2.45) is 0 Å². The summed E-state index contributed by atoms with van der Waals surface area (Å²) in [5.41, 5.74) is 1.95. The number of hydrogen-bond donors (Lipinski definition) is 3. The predicted molar refractivity (Wildman–Crippen MR) is 97.9 cm³/mol. The highest BCUT2D eigenvalue weighted by Gasteiger charge is 2.15. The molecule has 0 unspecified atom stereocenters. The number of amides is 3. The summed E-state index contributed by atoms with van der Waals surface area (Å²) < 4.78 is 0. The van der Waals surface area contributed by atoms with Crippen molar-refractivity contribution >= 4 is 52.3 Å². The van der Waals surface area contributed by atoms with Crippen LogP contribution < -0.4 is 16.0 Å². The van der Waals surface area contributed by atoms with Gasteiger partial charge in [-0.1, -0.05) is 40.9 Å². The molecule has 0 aliphatic carbocycles. The first kappa shape index (κ1) is 18.8. The molecule has 2 aromatic rings. The van der Waals surface area contributed by atoms with E-state index in [4.69, 9.17) is 23.2 Å². The molecule has 130 valence electrons. The minimum Gasteiger partial charge on any atom is -0.339 e. The highest BCUT2D eigenvalue weighted by Crippen LogP contribution is 2.24. The summed E-state index contributed by atoms with van der Waals surface area (Å²) in [4.78, 5) is 35.3. The second kappa shape index (κ2) is 8.50. The maximum atomic E-state index is 11.8. The molecule has 0 saturated heterocycles. The van der Waals surface area contributed by atoms with Crippen LogP contribution in [0.15, 0.2) is 42.5 Å². The molecule has 0 heterocycles. The van der Waals surface area contributed by atoms with E-state index in [0.717, 1.165) is 5.56 Å². The van der Waals surface area contributed by atoms with E-state index in [9.17, 15) is 14.4 Å². The monoisotopic (exact) mass is 379 g/mol. The van der Waals surface area contributed by atoms with Gasteiger partial charge in [0.05, 0.1) is 16.6 Å². The normalized spacial score (nSPS) is 10.0. The molecule has 0 bridgehead atoms. The topological polar surface area (TPSA) is 87.3 Å². The Labute approximate surface area is 154 Å². The SMILES string of the molecule is Cc1ccc(NC(=O)C(=O)NCC(=O)Nc2ccc(Cl)c(Cl)c2)cc1. The zero-order valence-corrected chi connectivity index (χ0v) is 14.7. The molecule has 0 atom stereocenters. The zero-order chi connectivity index (χ0) is 18.4. The molecule has 0 fully saturated rings. The van der Waals surface area contributed by atoms with Crippen LogP contribution in [-0.2, 0) is 14.4 Å². The van der Waals surface area contributed by atoms with Gasteiger partial charge in [-0.2, -0.15) is 0 Å². The van der Waals surface area contributed by atoms with Gasteiger partial charge in [0, 0.05) is 11.4 Å². The van der Waals surface area contributed by atoms with Crippen molar-refractivity contribution in [2.45, 2.75) is 6.92 Å². The number of benzene rings is 2. The van der Waals surface area contributed by atoms with Gasteiger partial charge in [-0.25, -0.2) is 0 Å². The molecule has 0 saturated carbocycles. The number of hydrogen-bond acceptors (Lipinski definition) is 3. The zero-order valence-electron chi connectivity index (χ0n) is 13.2. The van der Waals surface area contributed by atoms with Gasteiger partial charge in [-0.05, 0) is 37.3 Å². The van der Waals surface area contributed by atoms with E-state index in [2.05, 4.69) is 16.0 Å². The van der Waals surface area contributed by atoms with Crippen LogP contribution in [0.4, 0.5) is 11.4 Å². The highest BCUT2D eigenvalue weighted by atomic mass is 35.5. The van der Waals surface area contributed by atoms with Gasteiger partial charge in [-0.15, -0.1) is 0 Å². The molecular weight excluding hydrogens is 365 g/mol. The van der Waals surface area contributed by atoms with Crippen LogP contribution in [0.25, 0.3) is 0 Å². The molecule has 0 spiro atoms. The summed E-state index contributed by atoms with van der Waals surface area (Å²) >= 11 is 11.6. The van der Waals surface area contributed by atoms with Crippen molar-refractivity contribution < 1.29 is 14.4 Å². The number of carbonyl (C=O) groups excluding carboxylic acids is 3. The minimum atomic E-state index is -0.912. The van der Waals surface area contributed by atoms with E-state index in [1.165, 1.54) is 12.1 Å². The van der Waals surface area contributed by atoms with Crippen molar-refractivity contribution in [1.29, 1.82) is 0 Å². The minimum absolute atomic E-state index is 0.293. The van der Waals surface area contributed by atoms with Crippen LogP contribution >= 0.6 is 23.2 Å². The number of carbonyl (C=O) groups is 3. The number of nitrogens with one attached hydrogen (secondary N) is 3. The molecule has 3 amide bonds. The summed E-state index contributed by atoms with van der Waals surface area (Å²) in [5, 5.41) is 7.87. The lowest BCUT2D eigenvalue weighted by Gasteiger charge is -2.08. The Balaban J connectivity index is 1.81. The van der Waals surface area contributed by atoms with Crippen molar-refractivity contribution in [3.05, 3.63) is 58.1 Å². The predicted octanol–water partition coefficient (Wildman–Crippen LogP) is 3.00. The van der Waals surface area contributed by atoms with Crippen LogP contribution in [0.1, 0.15) is 5.56 Å². The quantitative estimate of drug-likeness (QED) is 0.713. The first-order valence-electron chi connectivity index (χ1n) is 7.26. The summed E-state index contributed by atoms with van der Waals surface area (Å²) in [6.07, 6.45) is 0. The number of aryl methyl sites for hydroxylation is 1. The van der Waals surface area contributed by atoms with E-state index < -0.39 is 17.7 Å². The fourth-order valence-corrected chi connectivity index (χ4v) is 2.14. The molecule has 0 aromatic heterocycles. The molecule has 2 aromatic carbocycles. The number of halogens is 2. The molecule has 8 heteroatoms. The van der Waals surface area contributed by atoms with Gasteiger partial charge >= 0.3 is 11.8 Å². The molecule has 6 nitrogen and oxygen atoms in total. The van der Waals surface area contributed by atoms with E-state index in [-0.39, 0.29) is 6.54 Å². The molecule has 3 N–H and O–H groups in total. The van der Waals surface area contributed by atoms with Gasteiger partial charge in [0.15, 0.2) is 0 Å². The third-order valence-corrected chi connectivity index (χ3v) is 3.87. The van der Waals surface area contributed by atoms with Gasteiger partial charge < -0.3 is 16.0 Å². The Morgan fingerprint density at radius 1 is 0.840 bits per heavy atom. The van der Waals surface area contributed by atoms with Crippen molar-refractivity contribution in [3.8, 4) is 0 Å². The molecule has 2 rings (SSSR count). The van der Waals surface area contributed by atoms with Crippen molar-refractivity contribution in [2.75, 3.05) is 17.2 Å². The Bertz CT molecular complexity index is 807. The Kier molecular flexibility index (Phi) is 6.38. The Hall–Kier alpha value is -2.57. The first-order chi connectivity index (χ1) is 11.8. The van der Waals surface area contributed by atoms with Crippen LogP contribution in [0, 0.1) is 6.92 Å². The number of rotatable bonds is 4. The third-order valence-electron chi connectivity index (χ3n) is 3.13. The Morgan fingerprint density at radius 3 is 2.12 bits per heavy atom. The lowest BCUT2D eigenvalue weighted by Crippen LogP contribution is -2.39. The lowest BCUT2D eigenvalue weighted by atomic mass is 10.2. The summed E-state index contributed by atoms with van der Waals surface area (Å²) in [7, 11) is 0. The average Bonchev–Trinajstić information content (AvgIpc) is 2.58. The van der Waals surface area contributed by atoms with E-state index in [1.807, 2.05) is 6.92 Å². The largest absolute Gasteiger partial charge is 0.339 e.